The first-order valence-corrected chi connectivity index (χ1v) is 7.78. The minimum Gasteiger partial charge on any atom is -0.493 e. The number of rotatable bonds is 5. The SMILES string of the molecule is COc1ccc([C@@H]2CNC[C@H]2Cc2ccccc2)cc1OC. The molecule has 1 aliphatic rings. The van der Waals surface area contributed by atoms with Gasteiger partial charge in [0.05, 0.1) is 14.2 Å². The van der Waals surface area contributed by atoms with Crippen molar-refractivity contribution in [2.75, 3.05) is 27.3 Å². The van der Waals surface area contributed by atoms with Crippen LogP contribution >= 0.6 is 0 Å². The Kier molecular flexibility index (Phi) is 4.64. The summed E-state index contributed by atoms with van der Waals surface area (Å²) in [6.45, 7) is 2.08. The summed E-state index contributed by atoms with van der Waals surface area (Å²) in [5.74, 6) is 2.72. The lowest BCUT2D eigenvalue weighted by molar-refractivity contribution is 0.354. The van der Waals surface area contributed by atoms with E-state index in [4.69, 9.17) is 9.47 Å². The molecule has 2 aromatic carbocycles. The highest BCUT2D eigenvalue weighted by molar-refractivity contribution is 5.44. The van der Waals surface area contributed by atoms with Crippen molar-refractivity contribution in [3.63, 3.8) is 0 Å². The predicted octanol–water partition coefficient (Wildman–Crippen LogP) is 3.25. The highest BCUT2D eigenvalue weighted by Crippen LogP contribution is 2.36. The molecule has 3 rings (SSSR count). The van der Waals surface area contributed by atoms with E-state index >= 15 is 0 Å². The molecule has 0 unspecified atom stereocenters. The van der Waals surface area contributed by atoms with Gasteiger partial charge >= 0.3 is 0 Å². The Labute approximate surface area is 132 Å². The number of benzene rings is 2. The quantitative estimate of drug-likeness (QED) is 0.919. The smallest absolute Gasteiger partial charge is 0.160 e. The monoisotopic (exact) mass is 297 g/mol. The molecule has 0 aliphatic carbocycles. The largest absolute Gasteiger partial charge is 0.493 e. The molecule has 0 saturated carbocycles. The van der Waals surface area contributed by atoms with Crippen LogP contribution in [0.25, 0.3) is 0 Å². The third-order valence-electron chi connectivity index (χ3n) is 4.52. The fraction of sp³-hybridized carbons (Fsp3) is 0.368. The molecule has 3 nitrogen and oxygen atoms in total. The fourth-order valence-electron chi connectivity index (χ4n) is 3.34. The standard InChI is InChI=1S/C19H23NO2/c1-21-18-9-8-15(11-19(18)22-2)17-13-20-12-16(17)10-14-6-4-3-5-7-14/h3-9,11,16-17,20H,10,12-13H2,1-2H3/t16-,17+/m1/s1. The summed E-state index contributed by atoms with van der Waals surface area (Å²) in [4.78, 5) is 0. The molecule has 2 atom stereocenters. The first-order chi connectivity index (χ1) is 10.8. The molecule has 22 heavy (non-hydrogen) atoms. The van der Waals surface area contributed by atoms with Crippen molar-refractivity contribution in [3.8, 4) is 11.5 Å². The van der Waals surface area contributed by atoms with Crippen LogP contribution in [0.5, 0.6) is 11.5 Å². The zero-order valence-electron chi connectivity index (χ0n) is 13.2. The van der Waals surface area contributed by atoms with E-state index in [1.165, 1.54) is 11.1 Å². The van der Waals surface area contributed by atoms with E-state index < -0.39 is 0 Å². The second-order valence-corrected chi connectivity index (χ2v) is 5.83. The number of hydrogen-bond acceptors (Lipinski definition) is 3. The highest BCUT2D eigenvalue weighted by atomic mass is 16.5. The van der Waals surface area contributed by atoms with Crippen LogP contribution in [0, 0.1) is 5.92 Å². The number of nitrogens with one attached hydrogen (secondary N) is 1. The summed E-state index contributed by atoms with van der Waals surface area (Å²) >= 11 is 0. The van der Waals surface area contributed by atoms with Gasteiger partial charge in [-0.25, -0.2) is 0 Å². The van der Waals surface area contributed by atoms with Gasteiger partial charge < -0.3 is 14.8 Å². The Hall–Kier alpha value is -2.00. The van der Waals surface area contributed by atoms with Crippen molar-refractivity contribution in [1.29, 1.82) is 0 Å². The van der Waals surface area contributed by atoms with Gasteiger partial charge in [-0.15, -0.1) is 0 Å². The summed E-state index contributed by atoms with van der Waals surface area (Å²) in [5.41, 5.74) is 2.73. The van der Waals surface area contributed by atoms with Gasteiger partial charge in [-0.1, -0.05) is 36.4 Å². The van der Waals surface area contributed by atoms with Gasteiger partial charge in [-0.05, 0) is 42.1 Å². The third kappa shape index (κ3) is 3.09. The maximum absolute atomic E-state index is 5.44. The normalized spacial score (nSPS) is 20.8. The van der Waals surface area contributed by atoms with Crippen LogP contribution in [0.2, 0.25) is 0 Å². The van der Waals surface area contributed by atoms with Gasteiger partial charge in [-0.2, -0.15) is 0 Å². The molecule has 0 radical (unpaired) electrons. The van der Waals surface area contributed by atoms with Crippen LogP contribution in [0.3, 0.4) is 0 Å². The summed E-state index contributed by atoms with van der Waals surface area (Å²) in [6.07, 6.45) is 1.10. The summed E-state index contributed by atoms with van der Waals surface area (Å²) in [6, 6.07) is 17.0. The lowest BCUT2D eigenvalue weighted by Crippen LogP contribution is -2.14. The molecule has 1 N–H and O–H groups in total. The maximum Gasteiger partial charge on any atom is 0.160 e. The molecule has 116 valence electrons. The molecular weight excluding hydrogens is 274 g/mol. The van der Waals surface area contributed by atoms with Gasteiger partial charge in [0.15, 0.2) is 11.5 Å². The minimum atomic E-state index is 0.514. The zero-order valence-corrected chi connectivity index (χ0v) is 13.2. The average Bonchev–Trinajstić information content (AvgIpc) is 3.03. The molecule has 0 aromatic heterocycles. The van der Waals surface area contributed by atoms with Crippen molar-refractivity contribution < 1.29 is 9.47 Å². The van der Waals surface area contributed by atoms with E-state index in [-0.39, 0.29) is 0 Å². The van der Waals surface area contributed by atoms with Crippen molar-refractivity contribution in [1.82, 2.24) is 5.32 Å². The van der Waals surface area contributed by atoms with E-state index in [2.05, 4.69) is 47.8 Å². The molecule has 0 amide bonds. The molecule has 3 heteroatoms. The fourth-order valence-corrected chi connectivity index (χ4v) is 3.34. The van der Waals surface area contributed by atoms with Crippen LogP contribution in [-0.4, -0.2) is 27.3 Å². The Bertz CT molecular complexity index is 612. The number of methoxy groups -OCH3 is 2. The second-order valence-electron chi connectivity index (χ2n) is 5.83. The van der Waals surface area contributed by atoms with E-state index in [0.717, 1.165) is 31.0 Å². The van der Waals surface area contributed by atoms with Crippen molar-refractivity contribution in [3.05, 3.63) is 59.7 Å². The second kappa shape index (κ2) is 6.84. The van der Waals surface area contributed by atoms with Crippen molar-refractivity contribution in [2.24, 2.45) is 5.92 Å². The summed E-state index contributed by atoms with van der Waals surface area (Å²) in [7, 11) is 3.36. The van der Waals surface area contributed by atoms with Crippen LogP contribution < -0.4 is 14.8 Å². The maximum atomic E-state index is 5.44. The first-order valence-electron chi connectivity index (χ1n) is 7.78. The first kappa shape index (κ1) is 14.9. The molecule has 0 spiro atoms. The number of hydrogen-bond donors (Lipinski definition) is 1. The van der Waals surface area contributed by atoms with E-state index in [9.17, 15) is 0 Å². The van der Waals surface area contributed by atoms with Crippen LogP contribution in [0.4, 0.5) is 0 Å². The Morgan fingerprint density at radius 2 is 1.73 bits per heavy atom. The lowest BCUT2D eigenvalue weighted by atomic mass is 9.84. The van der Waals surface area contributed by atoms with Crippen LogP contribution in [0.1, 0.15) is 17.0 Å². The molecule has 1 fully saturated rings. The van der Waals surface area contributed by atoms with Crippen molar-refractivity contribution >= 4 is 0 Å². The van der Waals surface area contributed by atoms with Gasteiger partial charge in [0.25, 0.3) is 0 Å². The van der Waals surface area contributed by atoms with Crippen LogP contribution in [-0.2, 0) is 6.42 Å². The molecule has 1 aliphatic heterocycles. The van der Waals surface area contributed by atoms with E-state index in [1.807, 2.05) is 6.07 Å². The van der Waals surface area contributed by atoms with Gasteiger partial charge in [0.2, 0.25) is 0 Å². The molecule has 0 bridgehead atoms. The summed E-state index contributed by atoms with van der Waals surface area (Å²) < 4.78 is 10.8. The van der Waals surface area contributed by atoms with Gasteiger partial charge in [0, 0.05) is 12.5 Å². The van der Waals surface area contributed by atoms with E-state index in [0.29, 0.717) is 11.8 Å². The Morgan fingerprint density at radius 3 is 2.45 bits per heavy atom. The van der Waals surface area contributed by atoms with Gasteiger partial charge in [0.1, 0.15) is 0 Å². The Balaban J connectivity index is 1.81. The minimum absolute atomic E-state index is 0.514. The van der Waals surface area contributed by atoms with Crippen molar-refractivity contribution in [2.45, 2.75) is 12.3 Å². The average molecular weight is 297 g/mol. The molecule has 2 aromatic rings. The number of ether oxygens (including phenoxy) is 2. The predicted molar refractivity (Wildman–Crippen MR) is 88.8 cm³/mol. The molecule has 1 saturated heterocycles. The lowest BCUT2D eigenvalue weighted by Gasteiger charge is -2.20. The summed E-state index contributed by atoms with van der Waals surface area (Å²) in [5, 5.41) is 3.54. The third-order valence-corrected chi connectivity index (χ3v) is 4.52. The van der Waals surface area contributed by atoms with Crippen LogP contribution in [0.15, 0.2) is 48.5 Å². The van der Waals surface area contributed by atoms with Gasteiger partial charge in [-0.3, -0.25) is 0 Å². The topological polar surface area (TPSA) is 30.5 Å². The molecule has 1 heterocycles. The van der Waals surface area contributed by atoms with E-state index in [1.54, 1.807) is 14.2 Å². The molecular formula is C19H23NO2. The highest BCUT2D eigenvalue weighted by Gasteiger charge is 2.29. The Morgan fingerprint density at radius 1 is 0.955 bits per heavy atom. The zero-order chi connectivity index (χ0) is 15.4.